The summed E-state index contributed by atoms with van der Waals surface area (Å²) >= 11 is 6.00. The van der Waals surface area contributed by atoms with Crippen LogP contribution in [-0.2, 0) is 9.59 Å². The first-order valence-corrected chi connectivity index (χ1v) is 7.29. The van der Waals surface area contributed by atoms with Gasteiger partial charge in [-0.1, -0.05) is 31.0 Å². The second-order valence-corrected chi connectivity index (χ2v) is 5.38. The molecule has 0 aliphatic heterocycles. The molecule has 0 aromatic heterocycles. The summed E-state index contributed by atoms with van der Waals surface area (Å²) in [4.78, 5) is 23.2. The fourth-order valence-corrected chi connectivity index (χ4v) is 2.10. The van der Waals surface area contributed by atoms with E-state index in [2.05, 4.69) is 10.6 Å². The van der Waals surface area contributed by atoms with Crippen LogP contribution >= 0.6 is 24.0 Å². The van der Waals surface area contributed by atoms with E-state index in [0.717, 1.165) is 12.0 Å². The van der Waals surface area contributed by atoms with Crippen molar-refractivity contribution in [1.82, 2.24) is 5.32 Å². The molecule has 5 nitrogen and oxygen atoms in total. The first-order chi connectivity index (χ1) is 9.86. The van der Waals surface area contributed by atoms with Crippen molar-refractivity contribution in [3.8, 4) is 0 Å². The summed E-state index contributed by atoms with van der Waals surface area (Å²) in [5.74, 6) is -1.24. The Morgan fingerprint density at radius 1 is 1.36 bits per heavy atom. The number of aliphatic carboxylic acids is 1. The third kappa shape index (κ3) is 5.83. The summed E-state index contributed by atoms with van der Waals surface area (Å²) in [6.07, 6.45) is 1.20. The maximum atomic E-state index is 12.1. The molecule has 2 atom stereocenters. The molecule has 0 aliphatic carbocycles. The summed E-state index contributed by atoms with van der Waals surface area (Å²) in [6.45, 7) is 5.35. The van der Waals surface area contributed by atoms with E-state index < -0.39 is 18.1 Å². The Morgan fingerprint density at radius 3 is 2.55 bits per heavy atom. The molecule has 22 heavy (non-hydrogen) atoms. The number of amides is 1. The minimum atomic E-state index is -0.949. The first kappa shape index (κ1) is 20.7. The Balaban J connectivity index is 0.00000441. The summed E-state index contributed by atoms with van der Waals surface area (Å²) in [6, 6.07) is 3.91. The van der Waals surface area contributed by atoms with Crippen LogP contribution < -0.4 is 10.6 Å². The molecule has 2 unspecified atom stereocenters. The minimum absolute atomic E-state index is 0. The molecule has 124 valence electrons. The predicted molar refractivity (Wildman–Crippen MR) is 91.0 cm³/mol. The zero-order valence-corrected chi connectivity index (χ0v) is 14.4. The molecule has 0 aliphatic rings. The van der Waals surface area contributed by atoms with Crippen molar-refractivity contribution >= 4 is 41.6 Å². The smallest absolute Gasteiger partial charge is 0.320 e. The number of carbonyl (C=O) groups is 2. The van der Waals surface area contributed by atoms with Crippen LogP contribution in [0, 0.1) is 6.92 Å². The molecule has 1 amide bonds. The van der Waals surface area contributed by atoms with Crippen LogP contribution in [0.25, 0.3) is 0 Å². The van der Waals surface area contributed by atoms with Crippen LogP contribution in [0.2, 0.25) is 5.02 Å². The third-order valence-electron chi connectivity index (χ3n) is 3.25. The number of carboxylic acids is 1. The summed E-state index contributed by atoms with van der Waals surface area (Å²) in [5.41, 5.74) is 1.41. The van der Waals surface area contributed by atoms with Crippen molar-refractivity contribution < 1.29 is 14.7 Å². The van der Waals surface area contributed by atoms with Crippen molar-refractivity contribution in [1.29, 1.82) is 0 Å². The number of hydrogen-bond donors (Lipinski definition) is 3. The number of carboxylic acid groups (broad SMARTS) is 1. The fraction of sp³-hybridized carbons (Fsp3) is 0.467. The lowest BCUT2D eigenvalue weighted by Gasteiger charge is -2.20. The van der Waals surface area contributed by atoms with Crippen LogP contribution in [0.15, 0.2) is 18.2 Å². The number of anilines is 1. The lowest BCUT2D eigenvalue weighted by Crippen LogP contribution is -2.47. The highest BCUT2D eigenvalue weighted by atomic mass is 35.5. The van der Waals surface area contributed by atoms with Gasteiger partial charge >= 0.3 is 5.97 Å². The highest BCUT2D eigenvalue weighted by Crippen LogP contribution is 2.22. The monoisotopic (exact) mass is 348 g/mol. The maximum Gasteiger partial charge on any atom is 0.320 e. The zero-order valence-electron chi connectivity index (χ0n) is 12.9. The van der Waals surface area contributed by atoms with Gasteiger partial charge in [0.15, 0.2) is 0 Å². The number of carbonyl (C=O) groups excluding carboxylic acids is 1. The lowest BCUT2D eigenvalue weighted by atomic mass is 10.1. The van der Waals surface area contributed by atoms with Crippen molar-refractivity contribution in [3.63, 3.8) is 0 Å². The summed E-state index contributed by atoms with van der Waals surface area (Å²) in [5, 5.41) is 15.3. The van der Waals surface area contributed by atoms with E-state index in [4.69, 9.17) is 16.7 Å². The van der Waals surface area contributed by atoms with Gasteiger partial charge < -0.3 is 10.4 Å². The van der Waals surface area contributed by atoms with Gasteiger partial charge in [-0.15, -0.1) is 12.4 Å². The van der Waals surface area contributed by atoms with E-state index in [1.165, 1.54) is 0 Å². The van der Waals surface area contributed by atoms with Crippen molar-refractivity contribution in [3.05, 3.63) is 28.8 Å². The van der Waals surface area contributed by atoms with Crippen LogP contribution in [0.1, 0.15) is 32.3 Å². The van der Waals surface area contributed by atoms with Crippen molar-refractivity contribution in [2.24, 2.45) is 0 Å². The molecule has 0 radical (unpaired) electrons. The van der Waals surface area contributed by atoms with Gasteiger partial charge in [0.1, 0.15) is 6.04 Å². The van der Waals surface area contributed by atoms with Crippen molar-refractivity contribution in [2.45, 2.75) is 45.7 Å². The molecule has 0 saturated heterocycles. The predicted octanol–water partition coefficient (Wildman–Crippen LogP) is 3.24. The number of nitrogens with one attached hydrogen (secondary N) is 2. The Hall–Kier alpha value is -1.30. The van der Waals surface area contributed by atoms with Crippen LogP contribution in [-0.4, -0.2) is 29.1 Å². The normalized spacial score (nSPS) is 12.9. The minimum Gasteiger partial charge on any atom is -0.480 e. The summed E-state index contributed by atoms with van der Waals surface area (Å²) < 4.78 is 0. The topological polar surface area (TPSA) is 78.4 Å². The van der Waals surface area contributed by atoms with E-state index >= 15 is 0 Å². The molecule has 3 N–H and O–H groups in total. The number of rotatable bonds is 7. The number of hydrogen-bond acceptors (Lipinski definition) is 3. The molecular formula is C15H22Cl2N2O3. The molecule has 1 rings (SSSR count). The molecular weight excluding hydrogens is 327 g/mol. The molecule has 1 aromatic carbocycles. The van der Waals surface area contributed by atoms with E-state index in [1.54, 1.807) is 25.1 Å². The Morgan fingerprint density at radius 2 is 2.00 bits per heavy atom. The Bertz CT molecular complexity index is 524. The van der Waals surface area contributed by atoms with Crippen molar-refractivity contribution in [2.75, 3.05) is 5.32 Å². The van der Waals surface area contributed by atoms with Crippen LogP contribution in [0.4, 0.5) is 5.69 Å². The molecule has 0 fully saturated rings. The third-order valence-corrected chi connectivity index (χ3v) is 3.65. The van der Waals surface area contributed by atoms with E-state index in [0.29, 0.717) is 17.1 Å². The molecule has 0 spiro atoms. The van der Waals surface area contributed by atoms with Gasteiger partial charge in [0.25, 0.3) is 0 Å². The Labute approximate surface area is 141 Å². The van der Waals surface area contributed by atoms with E-state index in [1.807, 2.05) is 13.8 Å². The standard InChI is InChI=1S/C15H21ClN2O3.ClH/c1-4-6-13(15(20)21)17-10(3)14(19)18-12-8-5-7-11(16)9(12)2;/h5,7-8,10,13,17H,4,6H2,1-3H3,(H,18,19)(H,20,21);1H. The van der Waals surface area contributed by atoms with Crippen LogP contribution in [0.5, 0.6) is 0 Å². The molecule has 0 heterocycles. The zero-order chi connectivity index (χ0) is 16.0. The Kier molecular flexibility index (Phi) is 9.09. The van der Waals surface area contributed by atoms with Gasteiger partial charge in [-0.25, -0.2) is 0 Å². The number of benzene rings is 1. The average molecular weight is 349 g/mol. The molecule has 1 aromatic rings. The second-order valence-electron chi connectivity index (χ2n) is 4.97. The number of halogens is 2. The first-order valence-electron chi connectivity index (χ1n) is 6.91. The van der Waals surface area contributed by atoms with Gasteiger partial charge in [0, 0.05) is 10.7 Å². The van der Waals surface area contributed by atoms with E-state index in [9.17, 15) is 9.59 Å². The average Bonchev–Trinajstić information content (AvgIpc) is 2.43. The SMILES string of the molecule is CCCC(NC(C)C(=O)Nc1cccc(Cl)c1C)C(=O)O.Cl. The highest BCUT2D eigenvalue weighted by Gasteiger charge is 2.22. The van der Waals surface area contributed by atoms with Gasteiger partial charge in [-0.2, -0.15) is 0 Å². The quantitative estimate of drug-likeness (QED) is 0.706. The maximum absolute atomic E-state index is 12.1. The van der Waals surface area contributed by atoms with Gasteiger partial charge in [0.2, 0.25) is 5.91 Å². The van der Waals surface area contributed by atoms with E-state index in [-0.39, 0.29) is 18.3 Å². The summed E-state index contributed by atoms with van der Waals surface area (Å²) in [7, 11) is 0. The lowest BCUT2D eigenvalue weighted by molar-refractivity contribution is -0.140. The fourth-order valence-electron chi connectivity index (χ4n) is 1.93. The molecule has 0 bridgehead atoms. The molecule has 7 heteroatoms. The second kappa shape index (κ2) is 9.66. The highest BCUT2D eigenvalue weighted by molar-refractivity contribution is 6.31. The van der Waals surface area contributed by atoms with Gasteiger partial charge in [-0.05, 0) is 38.0 Å². The van der Waals surface area contributed by atoms with Crippen LogP contribution in [0.3, 0.4) is 0 Å². The van der Waals surface area contributed by atoms with Gasteiger partial charge in [0.05, 0.1) is 6.04 Å². The van der Waals surface area contributed by atoms with Gasteiger partial charge in [-0.3, -0.25) is 14.9 Å². The molecule has 0 saturated carbocycles. The largest absolute Gasteiger partial charge is 0.480 e.